The zero-order chi connectivity index (χ0) is 22.0. The summed E-state index contributed by atoms with van der Waals surface area (Å²) in [5.74, 6) is -0.321. The number of carbonyl (C=O) groups excluding carboxylic acids is 1. The van der Waals surface area contributed by atoms with Gasteiger partial charge in [0.25, 0.3) is 11.6 Å². The fourth-order valence-corrected chi connectivity index (χ4v) is 3.49. The number of nitro benzene ring substituents is 1. The zero-order valence-corrected chi connectivity index (χ0v) is 17.3. The third-order valence-corrected chi connectivity index (χ3v) is 4.87. The smallest absolute Gasteiger partial charge is 0.366 e. The van der Waals surface area contributed by atoms with Gasteiger partial charge < -0.3 is 9.80 Å². The molecule has 1 aromatic rings. The third-order valence-electron chi connectivity index (χ3n) is 4.87. The molecule has 0 aromatic heterocycles. The lowest BCUT2D eigenvalue weighted by molar-refractivity contribution is -0.384. The van der Waals surface area contributed by atoms with Crippen molar-refractivity contribution in [1.29, 1.82) is 0 Å². The second-order valence-corrected chi connectivity index (χ2v) is 8.97. The standard InChI is InChI=1S/C20H28F3N3O3/c1-14-7-9-24(10-8-14)16-6-5-15(11-17(16)26(28)29)18(27)25(12-19(2,3)4)13-20(21,22)23/h5-6,11,14H,7-10,12-13H2,1-4H3. The molecule has 1 amide bonds. The van der Waals surface area contributed by atoms with E-state index in [9.17, 15) is 28.1 Å². The summed E-state index contributed by atoms with van der Waals surface area (Å²) in [5.41, 5.74) is -0.527. The monoisotopic (exact) mass is 415 g/mol. The molecule has 162 valence electrons. The minimum Gasteiger partial charge on any atom is -0.366 e. The van der Waals surface area contributed by atoms with Crippen LogP contribution in [0.3, 0.4) is 0 Å². The van der Waals surface area contributed by atoms with Crippen molar-refractivity contribution in [3.05, 3.63) is 33.9 Å². The van der Waals surface area contributed by atoms with Crippen molar-refractivity contribution in [2.45, 2.75) is 46.7 Å². The number of hydrogen-bond donors (Lipinski definition) is 0. The average Bonchev–Trinajstić information content (AvgIpc) is 2.58. The van der Waals surface area contributed by atoms with E-state index in [-0.39, 0.29) is 17.8 Å². The number of halogens is 3. The van der Waals surface area contributed by atoms with Gasteiger partial charge in [-0.05, 0) is 36.3 Å². The molecular weight excluding hydrogens is 387 g/mol. The largest absolute Gasteiger partial charge is 0.406 e. The second-order valence-electron chi connectivity index (χ2n) is 8.97. The van der Waals surface area contributed by atoms with Crippen LogP contribution < -0.4 is 4.90 Å². The summed E-state index contributed by atoms with van der Waals surface area (Å²) in [6, 6.07) is 3.96. The SMILES string of the molecule is CC1CCN(c2ccc(C(=O)N(CC(C)(C)C)CC(F)(F)F)cc2[N+](=O)[O-])CC1. The van der Waals surface area contributed by atoms with Crippen LogP contribution in [0.1, 0.15) is 50.9 Å². The van der Waals surface area contributed by atoms with Gasteiger partial charge in [0.15, 0.2) is 0 Å². The number of carbonyl (C=O) groups is 1. The van der Waals surface area contributed by atoms with Crippen LogP contribution in [0.5, 0.6) is 0 Å². The molecule has 1 aliphatic rings. The van der Waals surface area contributed by atoms with Crippen LogP contribution >= 0.6 is 0 Å². The lowest BCUT2D eigenvalue weighted by Crippen LogP contribution is -2.43. The Morgan fingerprint density at radius 3 is 2.28 bits per heavy atom. The first-order chi connectivity index (χ1) is 13.3. The molecule has 6 nitrogen and oxygen atoms in total. The average molecular weight is 415 g/mol. The van der Waals surface area contributed by atoms with Crippen molar-refractivity contribution in [3.8, 4) is 0 Å². The highest BCUT2D eigenvalue weighted by Crippen LogP contribution is 2.33. The van der Waals surface area contributed by atoms with Gasteiger partial charge in [-0.15, -0.1) is 0 Å². The molecule has 1 aromatic carbocycles. The van der Waals surface area contributed by atoms with Crippen LogP contribution in [-0.2, 0) is 0 Å². The van der Waals surface area contributed by atoms with E-state index in [1.165, 1.54) is 12.1 Å². The fraction of sp³-hybridized carbons (Fsp3) is 0.650. The van der Waals surface area contributed by atoms with E-state index in [1.54, 1.807) is 20.8 Å². The fourth-order valence-electron chi connectivity index (χ4n) is 3.49. The van der Waals surface area contributed by atoms with Gasteiger partial charge >= 0.3 is 6.18 Å². The van der Waals surface area contributed by atoms with E-state index >= 15 is 0 Å². The number of piperidine rings is 1. The Hall–Kier alpha value is -2.32. The predicted octanol–water partition coefficient (Wildman–Crippen LogP) is 4.88. The first-order valence-electron chi connectivity index (χ1n) is 9.66. The van der Waals surface area contributed by atoms with Gasteiger partial charge in [0, 0.05) is 31.3 Å². The van der Waals surface area contributed by atoms with Crippen LogP contribution in [0.2, 0.25) is 0 Å². The lowest BCUT2D eigenvalue weighted by atomic mass is 9.95. The summed E-state index contributed by atoms with van der Waals surface area (Å²) in [4.78, 5) is 26.4. The summed E-state index contributed by atoms with van der Waals surface area (Å²) in [7, 11) is 0. The van der Waals surface area contributed by atoms with E-state index in [2.05, 4.69) is 6.92 Å². The highest BCUT2D eigenvalue weighted by Gasteiger charge is 2.36. The number of rotatable bonds is 5. The number of hydrogen-bond acceptors (Lipinski definition) is 4. The number of nitro groups is 1. The predicted molar refractivity (Wildman–Crippen MR) is 105 cm³/mol. The van der Waals surface area contributed by atoms with Crippen LogP contribution in [-0.4, -0.2) is 48.1 Å². The molecule has 9 heteroatoms. The molecule has 0 atom stereocenters. The Balaban J connectivity index is 2.35. The van der Waals surface area contributed by atoms with Crippen molar-refractivity contribution < 1.29 is 22.9 Å². The molecule has 2 rings (SSSR count). The maximum Gasteiger partial charge on any atom is 0.406 e. The molecule has 1 fully saturated rings. The van der Waals surface area contributed by atoms with Gasteiger partial charge in [-0.1, -0.05) is 27.7 Å². The van der Waals surface area contributed by atoms with E-state index in [0.29, 0.717) is 29.6 Å². The molecule has 1 saturated heterocycles. The van der Waals surface area contributed by atoms with E-state index < -0.39 is 29.0 Å². The summed E-state index contributed by atoms with van der Waals surface area (Å²) < 4.78 is 39.0. The molecule has 1 aliphatic heterocycles. The van der Waals surface area contributed by atoms with Crippen LogP contribution in [0.25, 0.3) is 0 Å². The molecule has 0 aliphatic carbocycles. The van der Waals surface area contributed by atoms with Crippen molar-refractivity contribution in [1.82, 2.24) is 4.90 Å². The molecule has 0 radical (unpaired) electrons. The topological polar surface area (TPSA) is 66.7 Å². The van der Waals surface area contributed by atoms with Crippen molar-refractivity contribution >= 4 is 17.3 Å². The Bertz CT molecular complexity index is 736. The van der Waals surface area contributed by atoms with Crippen molar-refractivity contribution in [3.63, 3.8) is 0 Å². The number of nitrogens with zero attached hydrogens (tertiary/aromatic N) is 3. The Kier molecular flexibility index (Phi) is 6.80. The molecule has 1 heterocycles. The van der Waals surface area contributed by atoms with E-state index in [1.807, 2.05) is 4.90 Å². The maximum atomic E-state index is 13.0. The second kappa shape index (κ2) is 8.59. The van der Waals surface area contributed by atoms with Gasteiger partial charge in [-0.25, -0.2) is 0 Å². The zero-order valence-electron chi connectivity index (χ0n) is 17.3. The molecule has 0 spiro atoms. The number of alkyl halides is 3. The Morgan fingerprint density at radius 2 is 1.79 bits per heavy atom. The third kappa shape index (κ3) is 6.61. The number of amides is 1. The Morgan fingerprint density at radius 1 is 1.21 bits per heavy atom. The number of anilines is 1. The first-order valence-corrected chi connectivity index (χ1v) is 9.66. The lowest BCUT2D eigenvalue weighted by Gasteiger charge is -2.32. The highest BCUT2D eigenvalue weighted by molar-refractivity contribution is 5.96. The molecule has 0 bridgehead atoms. The molecule has 0 unspecified atom stereocenters. The van der Waals surface area contributed by atoms with Gasteiger partial charge in [0.1, 0.15) is 12.2 Å². The van der Waals surface area contributed by atoms with Gasteiger partial charge in [0.05, 0.1) is 4.92 Å². The normalized spacial score (nSPS) is 16.0. The minimum absolute atomic E-state index is 0.112. The van der Waals surface area contributed by atoms with E-state index in [0.717, 1.165) is 18.9 Å². The van der Waals surface area contributed by atoms with Gasteiger partial charge in [-0.3, -0.25) is 14.9 Å². The van der Waals surface area contributed by atoms with Gasteiger partial charge in [0.2, 0.25) is 0 Å². The number of benzene rings is 1. The van der Waals surface area contributed by atoms with Crippen LogP contribution in [0, 0.1) is 21.4 Å². The summed E-state index contributed by atoms with van der Waals surface area (Å²) in [6.07, 6.45) is -2.75. The quantitative estimate of drug-likeness (QED) is 0.508. The highest BCUT2D eigenvalue weighted by atomic mass is 19.4. The summed E-state index contributed by atoms with van der Waals surface area (Å²) in [5, 5.41) is 11.6. The van der Waals surface area contributed by atoms with Crippen molar-refractivity contribution in [2.24, 2.45) is 11.3 Å². The van der Waals surface area contributed by atoms with Crippen LogP contribution in [0.15, 0.2) is 18.2 Å². The summed E-state index contributed by atoms with van der Waals surface area (Å²) in [6.45, 7) is 7.12. The molecule has 29 heavy (non-hydrogen) atoms. The molecular formula is C20H28F3N3O3. The minimum atomic E-state index is -4.56. The summed E-state index contributed by atoms with van der Waals surface area (Å²) >= 11 is 0. The maximum absolute atomic E-state index is 13.0. The van der Waals surface area contributed by atoms with Crippen molar-refractivity contribution in [2.75, 3.05) is 31.1 Å². The Labute approximate surface area is 168 Å². The first kappa shape index (κ1) is 23.0. The molecule has 0 N–H and O–H groups in total. The molecule has 0 saturated carbocycles. The van der Waals surface area contributed by atoms with E-state index in [4.69, 9.17) is 0 Å². The van der Waals surface area contributed by atoms with Crippen LogP contribution in [0.4, 0.5) is 24.5 Å². The van der Waals surface area contributed by atoms with Gasteiger partial charge in [-0.2, -0.15) is 13.2 Å².